The van der Waals surface area contributed by atoms with Crippen LogP contribution in [-0.2, 0) is 0 Å². The summed E-state index contributed by atoms with van der Waals surface area (Å²) in [7, 11) is 0. The van der Waals surface area contributed by atoms with E-state index in [1.54, 1.807) is 0 Å². The Hall–Kier alpha value is -1.43. The minimum atomic E-state index is -0.0172. The first-order valence-corrected chi connectivity index (χ1v) is 10.1. The summed E-state index contributed by atoms with van der Waals surface area (Å²) in [4.78, 5) is 20.2. The maximum atomic E-state index is 12.4. The summed E-state index contributed by atoms with van der Waals surface area (Å²) in [6.07, 6.45) is 4.82. The van der Waals surface area contributed by atoms with Crippen LogP contribution >= 0.6 is 22.9 Å². The second kappa shape index (κ2) is 8.79. The number of carbonyl (C=O) groups is 1. The lowest BCUT2D eigenvalue weighted by atomic mass is 10.2. The van der Waals surface area contributed by atoms with Gasteiger partial charge in [-0.05, 0) is 64.4 Å². The van der Waals surface area contributed by atoms with Crippen molar-refractivity contribution in [1.82, 2.24) is 15.2 Å². The van der Waals surface area contributed by atoms with Gasteiger partial charge in [-0.1, -0.05) is 23.7 Å². The molecule has 6 heteroatoms. The van der Waals surface area contributed by atoms with E-state index in [1.807, 2.05) is 31.2 Å². The van der Waals surface area contributed by atoms with Crippen molar-refractivity contribution in [2.24, 2.45) is 0 Å². The molecule has 0 spiro atoms. The van der Waals surface area contributed by atoms with Gasteiger partial charge in [-0.3, -0.25) is 4.79 Å². The Balaban J connectivity index is 1.49. The fourth-order valence-corrected chi connectivity index (χ4v) is 4.19. The first-order valence-electron chi connectivity index (χ1n) is 8.87. The van der Waals surface area contributed by atoms with E-state index in [4.69, 9.17) is 11.6 Å². The molecule has 1 saturated heterocycles. The van der Waals surface area contributed by atoms with Crippen molar-refractivity contribution in [2.75, 3.05) is 26.2 Å². The van der Waals surface area contributed by atoms with E-state index >= 15 is 0 Å². The molecule has 0 saturated carbocycles. The van der Waals surface area contributed by atoms with Gasteiger partial charge in [0.15, 0.2) is 0 Å². The molecule has 1 aromatic carbocycles. The normalized spacial score (nSPS) is 14.8. The first-order chi connectivity index (χ1) is 12.1. The second-order valence-electron chi connectivity index (χ2n) is 6.45. The number of amides is 1. The molecule has 1 amide bonds. The van der Waals surface area contributed by atoms with Gasteiger partial charge in [-0.2, -0.15) is 0 Å². The number of nitrogens with zero attached hydrogens (tertiary/aromatic N) is 2. The first kappa shape index (κ1) is 18.4. The zero-order valence-electron chi connectivity index (χ0n) is 14.6. The summed E-state index contributed by atoms with van der Waals surface area (Å²) in [5, 5.41) is 4.58. The smallest absolute Gasteiger partial charge is 0.263 e. The molecule has 1 fully saturated rings. The number of hydrogen-bond acceptors (Lipinski definition) is 4. The van der Waals surface area contributed by atoms with Crippen molar-refractivity contribution in [3.63, 3.8) is 0 Å². The molecule has 0 radical (unpaired) electrons. The molecule has 0 bridgehead atoms. The van der Waals surface area contributed by atoms with Gasteiger partial charge >= 0.3 is 0 Å². The zero-order valence-corrected chi connectivity index (χ0v) is 16.1. The molecule has 25 heavy (non-hydrogen) atoms. The highest BCUT2D eigenvalue weighted by Gasteiger charge is 2.16. The van der Waals surface area contributed by atoms with E-state index in [1.165, 1.54) is 37.3 Å². The number of unbranched alkanes of at least 4 members (excludes halogenated alkanes) is 1. The average Bonchev–Trinajstić information content (AvgIpc) is 3.25. The highest BCUT2D eigenvalue weighted by Crippen LogP contribution is 2.28. The molecular formula is C19H24ClN3OS. The Morgan fingerprint density at radius 1 is 1.24 bits per heavy atom. The van der Waals surface area contributed by atoms with Gasteiger partial charge in [-0.25, -0.2) is 4.98 Å². The number of aromatic nitrogens is 1. The van der Waals surface area contributed by atoms with E-state index in [2.05, 4.69) is 15.2 Å². The molecule has 1 N–H and O–H groups in total. The van der Waals surface area contributed by atoms with Crippen LogP contribution in [0.1, 0.15) is 41.0 Å². The molecule has 0 aliphatic carbocycles. The summed E-state index contributed by atoms with van der Waals surface area (Å²) in [5.74, 6) is -0.0172. The quantitative estimate of drug-likeness (QED) is 0.728. The van der Waals surface area contributed by atoms with E-state index in [0.717, 1.165) is 42.2 Å². The lowest BCUT2D eigenvalue weighted by Gasteiger charge is -2.13. The van der Waals surface area contributed by atoms with Crippen LogP contribution in [0.5, 0.6) is 0 Å². The molecule has 134 valence electrons. The van der Waals surface area contributed by atoms with Crippen LogP contribution in [0, 0.1) is 6.92 Å². The predicted octanol–water partition coefficient (Wildman–Crippen LogP) is 4.38. The van der Waals surface area contributed by atoms with Gasteiger partial charge < -0.3 is 10.2 Å². The topological polar surface area (TPSA) is 45.2 Å². The van der Waals surface area contributed by atoms with Crippen LogP contribution in [0.2, 0.25) is 5.02 Å². The number of rotatable bonds is 7. The van der Waals surface area contributed by atoms with Crippen molar-refractivity contribution in [3.8, 4) is 10.6 Å². The van der Waals surface area contributed by atoms with Crippen LogP contribution in [-0.4, -0.2) is 42.0 Å². The summed E-state index contributed by atoms with van der Waals surface area (Å²) < 4.78 is 0. The van der Waals surface area contributed by atoms with Crippen LogP contribution in [0.15, 0.2) is 24.3 Å². The Kier molecular flexibility index (Phi) is 6.45. The maximum absolute atomic E-state index is 12.4. The van der Waals surface area contributed by atoms with E-state index in [-0.39, 0.29) is 5.91 Å². The Bertz CT molecular complexity index is 708. The van der Waals surface area contributed by atoms with Crippen molar-refractivity contribution in [1.29, 1.82) is 0 Å². The van der Waals surface area contributed by atoms with Gasteiger partial charge in [-0.15, -0.1) is 11.3 Å². The van der Waals surface area contributed by atoms with Crippen LogP contribution in [0.4, 0.5) is 0 Å². The molecule has 4 nitrogen and oxygen atoms in total. The van der Waals surface area contributed by atoms with Gasteiger partial charge in [0, 0.05) is 17.1 Å². The number of thiazole rings is 1. The van der Waals surface area contributed by atoms with E-state index < -0.39 is 0 Å². The fraction of sp³-hybridized carbons (Fsp3) is 0.474. The average molecular weight is 378 g/mol. The Morgan fingerprint density at radius 3 is 2.68 bits per heavy atom. The molecule has 1 aromatic heterocycles. The maximum Gasteiger partial charge on any atom is 0.263 e. The third kappa shape index (κ3) is 5.03. The SMILES string of the molecule is Cc1nc(-c2ccc(Cl)cc2)sc1C(=O)NCCCCN1CCCC1. The summed E-state index contributed by atoms with van der Waals surface area (Å²) in [6.45, 7) is 6.23. The lowest BCUT2D eigenvalue weighted by molar-refractivity contribution is 0.0956. The zero-order chi connectivity index (χ0) is 17.6. The van der Waals surface area contributed by atoms with Crippen molar-refractivity contribution in [2.45, 2.75) is 32.6 Å². The van der Waals surface area contributed by atoms with E-state index in [0.29, 0.717) is 9.90 Å². The lowest BCUT2D eigenvalue weighted by Crippen LogP contribution is -2.26. The minimum absolute atomic E-state index is 0.0172. The number of carbonyl (C=O) groups excluding carboxylic acids is 1. The van der Waals surface area contributed by atoms with Gasteiger partial charge in [0.05, 0.1) is 5.69 Å². The van der Waals surface area contributed by atoms with Crippen molar-refractivity contribution >= 4 is 28.8 Å². The summed E-state index contributed by atoms with van der Waals surface area (Å²) in [6, 6.07) is 7.54. The highest BCUT2D eigenvalue weighted by molar-refractivity contribution is 7.17. The monoisotopic (exact) mass is 377 g/mol. The number of halogens is 1. The molecule has 2 aromatic rings. The molecule has 3 rings (SSSR count). The highest BCUT2D eigenvalue weighted by atomic mass is 35.5. The van der Waals surface area contributed by atoms with Crippen LogP contribution in [0.3, 0.4) is 0 Å². The number of benzene rings is 1. The molecule has 1 aliphatic heterocycles. The second-order valence-corrected chi connectivity index (χ2v) is 7.89. The molecule has 1 aliphatic rings. The molecule has 0 atom stereocenters. The van der Waals surface area contributed by atoms with Crippen molar-refractivity contribution in [3.05, 3.63) is 39.9 Å². The van der Waals surface area contributed by atoms with E-state index in [9.17, 15) is 4.79 Å². The third-order valence-electron chi connectivity index (χ3n) is 4.48. The number of aryl methyl sites for hydroxylation is 1. The molecule has 2 heterocycles. The standard InChI is InChI=1S/C19H24ClN3OS/c1-14-17(25-19(22-14)15-6-8-16(20)9-7-15)18(24)21-10-2-3-11-23-12-4-5-13-23/h6-9H,2-5,10-13H2,1H3,(H,21,24). The Labute approximate surface area is 158 Å². The third-order valence-corrected chi connectivity index (χ3v) is 5.94. The predicted molar refractivity (Wildman–Crippen MR) is 105 cm³/mol. The Morgan fingerprint density at radius 2 is 1.96 bits per heavy atom. The number of nitrogens with one attached hydrogen (secondary N) is 1. The van der Waals surface area contributed by atoms with Crippen LogP contribution in [0.25, 0.3) is 10.6 Å². The summed E-state index contributed by atoms with van der Waals surface area (Å²) >= 11 is 7.36. The fourth-order valence-electron chi connectivity index (χ4n) is 3.07. The van der Waals surface area contributed by atoms with Gasteiger partial charge in [0.25, 0.3) is 5.91 Å². The van der Waals surface area contributed by atoms with Gasteiger partial charge in [0.1, 0.15) is 9.88 Å². The summed E-state index contributed by atoms with van der Waals surface area (Å²) in [5.41, 5.74) is 1.77. The van der Waals surface area contributed by atoms with Gasteiger partial charge in [0.2, 0.25) is 0 Å². The van der Waals surface area contributed by atoms with Crippen LogP contribution < -0.4 is 5.32 Å². The molecular weight excluding hydrogens is 354 g/mol. The number of hydrogen-bond donors (Lipinski definition) is 1. The number of likely N-dealkylation sites (tertiary alicyclic amines) is 1. The molecule has 0 unspecified atom stereocenters. The largest absolute Gasteiger partial charge is 0.351 e. The van der Waals surface area contributed by atoms with Crippen molar-refractivity contribution < 1.29 is 4.79 Å². The minimum Gasteiger partial charge on any atom is -0.351 e.